The van der Waals surface area contributed by atoms with Crippen molar-refractivity contribution >= 4 is 0 Å². The van der Waals surface area contributed by atoms with Gasteiger partial charge in [0.15, 0.2) is 6.61 Å². The molecule has 1 aromatic carbocycles. The molecule has 0 atom stereocenters. The average Bonchev–Trinajstić information content (AvgIpc) is 2.52. The summed E-state index contributed by atoms with van der Waals surface area (Å²) in [6.07, 6.45) is 2.66. The Morgan fingerprint density at radius 1 is 1.38 bits per heavy atom. The van der Waals surface area contributed by atoms with E-state index in [0.717, 1.165) is 31.3 Å². The topological polar surface area (TPSA) is 48.3 Å². The average molecular weight is 287 g/mol. The number of hydrogen-bond donors (Lipinski definition) is 1. The van der Waals surface area contributed by atoms with Crippen LogP contribution in [0.3, 0.4) is 0 Å². The monoisotopic (exact) mass is 287 g/mol. The normalized spacial score (nSPS) is 16.6. The summed E-state index contributed by atoms with van der Waals surface area (Å²) in [5.41, 5.74) is 1.19. The van der Waals surface area contributed by atoms with Gasteiger partial charge in [-0.2, -0.15) is 5.26 Å². The lowest BCUT2D eigenvalue weighted by Crippen LogP contribution is -2.37. The summed E-state index contributed by atoms with van der Waals surface area (Å²) in [7, 11) is 0. The van der Waals surface area contributed by atoms with Gasteiger partial charge in [0.1, 0.15) is 11.8 Å². The molecule has 0 spiro atoms. The van der Waals surface area contributed by atoms with Crippen LogP contribution in [0.1, 0.15) is 25.3 Å². The Hall–Kier alpha value is -1.57. The second-order valence-electron chi connectivity index (χ2n) is 5.80. The van der Waals surface area contributed by atoms with E-state index in [1.54, 1.807) is 0 Å². The zero-order valence-corrected chi connectivity index (χ0v) is 12.8. The Morgan fingerprint density at radius 2 is 2.19 bits per heavy atom. The molecule has 0 aliphatic carbocycles. The lowest BCUT2D eigenvalue weighted by Gasteiger charge is -2.30. The van der Waals surface area contributed by atoms with Crippen molar-refractivity contribution < 1.29 is 4.74 Å². The molecule has 114 valence electrons. The number of piperidine rings is 1. The van der Waals surface area contributed by atoms with Gasteiger partial charge in [0, 0.05) is 19.6 Å². The zero-order chi connectivity index (χ0) is 14.9. The van der Waals surface area contributed by atoms with Gasteiger partial charge in [0.05, 0.1) is 0 Å². The third-order valence-electron chi connectivity index (χ3n) is 4.01. The van der Waals surface area contributed by atoms with Crippen molar-refractivity contribution in [3.05, 3.63) is 29.8 Å². The zero-order valence-electron chi connectivity index (χ0n) is 12.8. The second-order valence-corrected chi connectivity index (χ2v) is 5.80. The predicted molar refractivity (Wildman–Crippen MR) is 84.1 cm³/mol. The molecule has 1 fully saturated rings. The number of rotatable bonds is 7. The number of benzene rings is 1. The lowest BCUT2D eigenvalue weighted by atomic mass is 9.99. The van der Waals surface area contributed by atoms with Crippen molar-refractivity contribution in [2.24, 2.45) is 5.92 Å². The van der Waals surface area contributed by atoms with Crippen LogP contribution in [0.2, 0.25) is 0 Å². The van der Waals surface area contributed by atoms with Crippen LogP contribution in [0, 0.1) is 17.2 Å². The third kappa shape index (κ3) is 5.74. The molecule has 4 heteroatoms. The molecule has 2 rings (SSSR count). The van der Waals surface area contributed by atoms with E-state index in [0.29, 0.717) is 0 Å². The van der Waals surface area contributed by atoms with Crippen LogP contribution < -0.4 is 10.1 Å². The van der Waals surface area contributed by atoms with Crippen LogP contribution in [0.5, 0.6) is 5.75 Å². The molecule has 0 amide bonds. The van der Waals surface area contributed by atoms with Crippen LogP contribution in [-0.2, 0) is 6.54 Å². The molecule has 0 aromatic heterocycles. The molecule has 0 unspecified atom stereocenters. The number of nitrogens with zero attached hydrogens (tertiary/aromatic N) is 2. The van der Waals surface area contributed by atoms with E-state index >= 15 is 0 Å². The van der Waals surface area contributed by atoms with Crippen LogP contribution in [0.25, 0.3) is 0 Å². The first-order valence-corrected chi connectivity index (χ1v) is 7.79. The maximum Gasteiger partial charge on any atom is 0.174 e. The summed E-state index contributed by atoms with van der Waals surface area (Å²) in [4.78, 5) is 2.54. The fourth-order valence-corrected chi connectivity index (χ4v) is 2.62. The lowest BCUT2D eigenvalue weighted by molar-refractivity contribution is 0.193. The van der Waals surface area contributed by atoms with Crippen LogP contribution in [-0.4, -0.2) is 37.7 Å². The van der Waals surface area contributed by atoms with Gasteiger partial charge in [-0.3, -0.25) is 0 Å². The maximum atomic E-state index is 8.52. The fraction of sp³-hybridized carbons (Fsp3) is 0.588. The minimum absolute atomic E-state index is 0.101. The number of hydrogen-bond acceptors (Lipinski definition) is 4. The molecule has 0 saturated carbocycles. The minimum Gasteiger partial charge on any atom is -0.479 e. The first-order valence-electron chi connectivity index (χ1n) is 7.79. The molecule has 1 N–H and O–H groups in total. The van der Waals surface area contributed by atoms with E-state index in [9.17, 15) is 0 Å². The van der Waals surface area contributed by atoms with Crippen molar-refractivity contribution in [3.8, 4) is 11.8 Å². The molecule has 0 radical (unpaired) electrons. The smallest absolute Gasteiger partial charge is 0.174 e. The molecule has 1 aliphatic rings. The summed E-state index contributed by atoms with van der Waals surface area (Å²) in [5, 5.41) is 12.0. The van der Waals surface area contributed by atoms with E-state index in [-0.39, 0.29) is 6.61 Å². The Morgan fingerprint density at radius 3 is 2.95 bits per heavy atom. The Kier molecular flexibility index (Phi) is 6.52. The summed E-state index contributed by atoms with van der Waals surface area (Å²) >= 11 is 0. The van der Waals surface area contributed by atoms with Gasteiger partial charge < -0.3 is 15.0 Å². The first-order chi connectivity index (χ1) is 10.3. The van der Waals surface area contributed by atoms with Crippen molar-refractivity contribution in [3.63, 3.8) is 0 Å². The molecular formula is C17H25N3O. The fourth-order valence-electron chi connectivity index (χ4n) is 2.62. The highest BCUT2D eigenvalue weighted by Crippen LogP contribution is 2.15. The van der Waals surface area contributed by atoms with Gasteiger partial charge in [-0.15, -0.1) is 0 Å². The van der Waals surface area contributed by atoms with Crippen molar-refractivity contribution in [1.29, 1.82) is 5.26 Å². The number of likely N-dealkylation sites (tertiary alicyclic amines) is 1. The third-order valence-corrected chi connectivity index (χ3v) is 4.01. The first kappa shape index (κ1) is 15.8. The van der Waals surface area contributed by atoms with E-state index < -0.39 is 0 Å². The van der Waals surface area contributed by atoms with Gasteiger partial charge >= 0.3 is 0 Å². The SMILES string of the molecule is CC1CCN(CCNCc2cccc(OCC#N)c2)CC1. The van der Waals surface area contributed by atoms with Gasteiger partial charge in [-0.25, -0.2) is 0 Å². The Balaban J connectivity index is 1.65. The number of ether oxygens (including phenoxy) is 1. The van der Waals surface area contributed by atoms with Crippen LogP contribution >= 0.6 is 0 Å². The summed E-state index contributed by atoms with van der Waals surface area (Å²) in [6, 6.07) is 9.91. The number of nitriles is 1. The molecule has 0 bridgehead atoms. The van der Waals surface area contributed by atoms with Gasteiger partial charge in [0.2, 0.25) is 0 Å². The van der Waals surface area contributed by atoms with Crippen molar-refractivity contribution in [1.82, 2.24) is 10.2 Å². The summed E-state index contributed by atoms with van der Waals surface area (Å²) in [6.45, 7) is 7.89. The summed E-state index contributed by atoms with van der Waals surface area (Å²) in [5.74, 6) is 1.66. The van der Waals surface area contributed by atoms with Crippen LogP contribution in [0.15, 0.2) is 24.3 Å². The largest absolute Gasteiger partial charge is 0.479 e. The quantitative estimate of drug-likeness (QED) is 0.782. The van der Waals surface area contributed by atoms with E-state index in [2.05, 4.69) is 23.2 Å². The molecule has 1 saturated heterocycles. The van der Waals surface area contributed by atoms with E-state index in [4.69, 9.17) is 10.00 Å². The van der Waals surface area contributed by atoms with Crippen LogP contribution in [0.4, 0.5) is 0 Å². The molecule has 1 aromatic rings. The number of nitrogens with one attached hydrogen (secondary N) is 1. The Bertz CT molecular complexity index is 461. The van der Waals surface area contributed by atoms with E-state index in [1.807, 2.05) is 24.3 Å². The molecule has 1 aliphatic heterocycles. The predicted octanol–water partition coefficient (Wildman–Crippen LogP) is 2.41. The highest BCUT2D eigenvalue weighted by atomic mass is 16.5. The van der Waals surface area contributed by atoms with Crippen molar-refractivity contribution in [2.45, 2.75) is 26.3 Å². The molecule has 21 heavy (non-hydrogen) atoms. The molecule has 4 nitrogen and oxygen atoms in total. The van der Waals surface area contributed by atoms with Gasteiger partial charge in [-0.1, -0.05) is 19.1 Å². The van der Waals surface area contributed by atoms with Gasteiger partial charge in [-0.05, 0) is 49.5 Å². The summed E-state index contributed by atoms with van der Waals surface area (Å²) < 4.78 is 5.31. The van der Waals surface area contributed by atoms with E-state index in [1.165, 1.54) is 31.5 Å². The molecule has 1 heterocycles. The van der Waals surface area contributed by atoms with Crippen molar-refractivity contribution in [2.75, 3.05) is 32.8 Å². The Labute approximate surface area is 127 Å². The minimum atomic E-state index is 0.101. The van der Waals surface area contributed by atoms with Gasteiger partial charge in [0.25, 0.3) is 0 Å². The molecular weight excluding hydrogens is 262 g/mol. The second kappa shape index (κ2) is 8.66. The highest BCUT2D eigenvalue weighted by molar-refractivity contribution is 5.28. The maximum absolute atomic E-state index is 8.52. The standard InChI is InChI=1S/C17H25N3O/c1-15-5-9-20(10-6-15)11-8-19-14-16-3-2-4-17(13-16)21-12-7-18/h2-4,13,15,19H,5-6,8-12,14H2,1H3. The highest BCUT2D eigenvalue weighted by Gasteiger charge is 2.14.